The average molecular weight is 268 g/mol. The summed E-state index contributed by atoms with van der Waals surface area (Å²) in [7, 11) is 1.75. The number of nitrogens with one attached hydrogen (secondary N) is 2. The Hall–Kier alpha value is -0.610. The summed E-state index contributed by atoms with van der Waals surface area (Å²) in [5.41, 5.74) is 0.144. The molecule has 1 aliphatic carbocycles. The van der Waals surface area contributed by atoms with Gasteiger partial charge in [-0.3, -0.25) is 4.79 Å². The molecule has 1 heterocycles. The highest BCUT2D eigenvalue weighted by Gasteiger charge is 2.32. The van der Waals surface area contributed by atoms with E-state index in [0.717, 1.165) is 45.5 Å². The van der Waals surface area contributed by atoms with Gasteiger partial charge in [-0.15, -0.1) is 0 Å². The van der Waals surface area contributed by atoms with Crippen LogP contribution in [0.3, 0.4) is 0 Å². The number of carbonyl (C=O) groups is 1. The lowest BCUT2D eigenvalue weighted by molar-refractivity contribution is -0.122. The summed E-state index contributed by atoms with van der Waals surface area (Å²) >= 11 is 0. The van der Waals surface area contributed by atoms with Gasteiger partial charge in [0.05, 0.1) is 6.61 Å². The van der Waals surface area contributed by atoms with Gasteiger partial charge in [-0.25, -0.2) is 0 Å². The molecule has 2 fully saturated rings. The summed E-state index contributed by atoms with van der Waals surface area (Å²) in [5, 5.41) is 6.53. The van der Waals surface area contributed by atoms with Gasteiger partial charge in [0, 0.05) is 25.5 Å². The Morgan fingerprint density at radius 3 is 2.63 bits per heavy atom. The van der Waals surface area contributed by atoms with Crippen LogP contribution < -0.4 is 10.6 Å². The molecule has 110 valence electrons. The fraction of sp³-hybridized carbons (Fsp3) is 0.933. The summed E-state index contributed by atoms with van der Waals surface area (Å²) in [6.45, 7) is 3.58. The number of carbonyl (C=O) groups excluding carboxylic acids is 1. The first-order valence-corrected chi connectivity index (χ1v) is 7.70. The number of ether oxygens (including phenoxy) is 1. The van der Waals surface area contributed by atoms with Crippen molar-refractivity contribution in [2.24, 2.45) is 11.3 Å². The van der Waals surface area contributed by atoms with E-state index >= 15 is 0 Å². The molecule has 2 aliphatic rings. The van der Waals surface area contributed by atoms with Crippen molar-refractivity contribution in [3.63, 3.8) is 0 Å². The first-order valence-electron chi connectivity index (χ1n) is 7.70. The molecule has 0 bridgehead atoms. The van der Waals surface area contributed by atoms with Gasteiger partial charge >= 0.3 is 0 Å². The molecule has 1 saturated carbocycles. The maximum absolute atomic E-state index is 12.0. The van der Waals surface area contributed by atoms with Crippen LogP contribution in [0.4, 0.5) is 0 Å². The van der Waals surface area contributed by atoms with Gasteiger partial charge in [0.15, 0.2) is 0 Å². The van der Waals surface area contributed by atoms with Crippen molar-refractivity contribution in [1.29, 1.82) is 0 Å². The van der Waals surface area contributed by atoms with Gasteiger partial charge in [0.25, 0.3) is 0 Å². The van der Waals surface area contributed by atoms with Crippen molar-refractivity contribution in [1.82, 2.24) is 10.6 Å². The zero-order valence-corrected chi connectivity index (χ0v) is 12.2. The van der Waals surface area contributed by atoms with Crippen molar-refractivity contribution in [3.05, 3.63) is 0 Å². The largest absolute Gasteiger partial charge is 0.384 e. The minimum Gasteiger partial charge on any atom is -0.384 e. The van der Waals surface area contributed by atoms with Crippen LogP contribution >= 0.6 is 0 Å². The topological polar surface area (TPSA) is 50.4 Å². The summed E-state index contributed by atoms with van der Waals surface area (Å²) < 4.78 is 5.37. The van der Waals surface area contributed by atoms with Crippen LogP contribution in [0.2, 0.25) is 0 Å². The number of rotatable bonds is 6. The van der Waals surface area contributed by atoms with E-state index in [1.165, 1.54) is 25.7 Å². The first kappa shape index (κ1) is 14.8. The quantitative estimate of drug-likeness (QED) is 0.771. The second-order valence-corrected chi connectivity index (χ2v) is 6.31. The van der Waals surface area contributed by atoms with E-state index in [1.54, 1.807) is 7.11 Å². The molecule has 4 nitrogen and oxygen atoms in total. The normalized spacial score (nSPS) is 23.4. The minimum atomic E-state index is 0.144. The van der Waals surface area contributed by atoms with Crippen LogP contribution in [-0.2, 0) is 9.53 Å². The summed E-state index contributed by atoms with van der Waals surface area (Å²) in [6.07, 6.45) is 7.98. The SMILES string of the molecule is COCC1(CNC(=O)CC2CCCC2)CCNCC1. The number of hydrogen-bond donors (Lipinski definition) is 2. The zero-order valence-electron chi connectivity index (χ0n) is 12.2. The lowest BCUT2D eigenvalue weighted by Crippen LogP contribution is -2.47. The lowest BCUT2D eigenvalue weighted by Gasteiger charge is -2.37. The van der Waals surface area contributed by atoms with E-state index in [-0.39, 0.29) is 11.3 Å². The van der Waals surface area contributed by atoms with Crippen molar-refractivity contribution in [2.75, 3.05) is 33.4 Å². The smallest absolute Gasteiger partial charge is 0.220 e. The van der Waals surface area contributed by atoms with Crippen molar-refractivity contribution < 1.29 is 9.53 Å². The van der Waals surface area contributed by atoms with Crippen LogP contribution in [-0.4, -0.2) is 39.3 Å². The summed E-state index contributed by atoms with van der Waals surface area (Å²) in [6, 6.07) is 0. The highest BCUT2D eigenvalue weighted by Crippen LogP contribution is 2.29. The Morgan fingerprint density at radius 1 is 1.32 bits per heavy atom. The maximum Gasteiger partial charge on any atom is 0.220 e. The zero-order chi connectivity index (χ0) is 13.6. The molecule has 4 heteroatoms. The predicted molar refractivity (Wildman–Crippen MR) is 76.0 cm³/mol. The second-order valence-electron chi connectivity index (χ2n) is 6.31. The fourth-order valence-corrected chi connectivity index (χ4v) is 3.47. The molecule has 1 amide bonds. The second kappa shape index (κ2) is 7.25. The van der Waals surface area contributed by atoms with E-state index in [9.17, 15) is 4.79 Å². The van der Waals surface area contributed by atoms with Crippen LogP contribution in [0, 0.1) is 11.3 Å². The standard InChI is InChI=1S/C15H28N2O2/c1-19-12-15(6-8-16-9-7-15)11-17-14(18)10-13-4-2-3-5-13/h13,16H,2-12H2,1H3,(H,17,18). The van der Waals surface area contributed by atoms with Gasteiger partial charge in [0.1, 0.15) is 0 Å². The van der Waals surface area contributed by atoms with Gasteiger partial charge in [-0.05, 0) is 44.7 Å². The van der Waals surface area contributed by atoms with Gasteiger partial charge in [-0.2, -0.15) is 0 Å². The first-order chi connectivity index (χ1) is 9.24. The lowest BCUT2D eigenvalue weighted by atomic mass is 9.79. The predicted octanol–water partition coefficient (Wildman–Crippen LogP) is 1.70. The van der Waals surface area contributed by atoms with Crippen molar-refractivity contribution in [2.45, 2.75) is 44.9 Å². The molecule has 0 unspecified atom stereocenters. The molecule has 0 aromatic heterocycles. The van der Waals surface area contributed by atoms with E-state index < -0.39 is 0 Å². The molecule has 0 spiro atoms. The van der Waals surface area contributed by atoms with Crippen LogP contribution in [0.1, 0.15) is 44.9 Å². The number of amides is 1. The molecule has 0 radical (unpaired) electrons. The van der Waals surface area contributed by atoms with Gasteiger partial charge in [0.2, 0.25) is 5.91 Å². The van der Waals surface area contributed by atoms with Gasteiger partial charge in [-0.1, -0.05) is 12.8 Å². The third-order valence-corrected chi connectivity index (χ3v) is 4.72. The molecular weight excluding hydrogens is 240 g/mol. The van der Waals surface area contributed by atoms with E-state index in [2.05, 4.69) is 10.6 Å². The molecule has 2 N–H and O–H groups in total. The van der Waals surface area contributed by atoms with E-state index in [4.69, 9.17) is 4.74 Å². The van der Waals surface area contributed by atoms with Gasteiger partial charge < -0.3 is 15.4 Å². The maximum atomic E-state index is 12.0. The Bertz CT molecular complexity index is 276. The third-order valence-electron chi connectivity index (χ3n) is 4.72. The van der Waals surface area contributed by atoms with Crippen LogP contribution in [0.15, 0.2) is 0 Å². The Morgan fingerprint density at radius 2 is 2.00 bits per heavy atom. The number of hydrogen-bond acceptors (Lipinski definition) is 3. The van der Waals surface area contributed by atoms with Crippen molar-refractivity contribution >= 4 is 5.91 Å². The fourth-order valence-electron chi connectivity index (χ4n) is 3.47. The third kappa shape index (κ3) is 4.46. The molecule has 0 aromatic carbocycles. The van der Waals surface area contributed by atoms with Crippen molar-refractivity contribution in [3.8, 4) is 0 Å². The molecular formula is C15H28N2O2. The van der Waals surface area contributed by atoms with Crippen LogP contribution in [0.5, 0.6) is 0 Å². The Labute approximate surface area is 116 Å². The summed E-state index contributed by atoms with van der Waals surface area (Å²) in [4.78, 5) is 12.0. The Kier molecular flexibility index (Phi) is 5.64. The molecule has 0 atom stereocenters. The highest BCUT2D eigenvalue weighted by molar-refractivity contribution is 5.76. The molecule has 1 saturated heterocycles. The number of methoxy groups -OCH3 is 1. The summed E-state index contributed by atoms with van der Waals surface area (Å²) in [5.74, 6) is 0.868. The highest BCUT2D eigenvalue weighted by atomic mass is 16.5. The molecule has 19 heavy (non-hydrogen) atoms. The minimum absolute atomic E-state index is 0.144. The molecule has 0 aromatic rings. The Balaban J connectivity index is 1.75. The molecule has 2 rings (SSSR count). The average Bonchev–Trinajstić information content (AvgIpc) is 2.91. The monoisotopic (exact) mass is 268 g/mol. The van der Waals surface area contributed by atoms with E-state index in [0.29, 0.717) is 5.92 Å². The van der Waals surface area contributed by atoms with E-state index in [1.807, 2.05) is 0 Å². The van der Waals surface area contributed by atoms with Crippen LogP contribution in [0.25, 0.3) is 0 Å². The number of piperidine rings is 1. The molecule has 1 aliphatic heterocycles.